The van der Waals surface area contributed by atoms with Crippen LogP contribution in [0.1, 0.15) is 46.0 Å². The number of urea groups is 1. The minimum atomic E-state index is 0.161. The van der Waals surface area contributed by atoms with Gasteiger partial charge in [0.1, 0.15) is 0 Å². The third kappa shape index (κ3) is 3.87. The zero-order chi connectivity index (χ0) is 13.0. The fourth-order valence-corrected chi connectivity index (χ4v) is 2.64. The first-order valence-corrected chi connectivity index (χ1v) is 7.44. The van der Waals surface area contributed by atoms with Crippen molar-refractivity contribution in [1.82, 2.24) is 15.5 Å². The Morgan fingerprint density at radius 3 is 2.67 bits per heavy atom. The zero-order valence-electron chi connectivity index (χ0n) is 11.7. The molecular weight excluding hydrogens is 226 g/mol. The Morgan fingerprint density at radius 1 is 1.28 bits per heavy atom. The first-order valence-electron chi connectivity index (χ1n) is 7.44. The molecule has 1 aliphatic carbocycles. The van der Waals surface area contributed by atoms with E-state index in [1.54, 1.807) is 0 Å². The molecule has 0 bridgehead atoms. The minimum absolute atomic E-state index is 0.161. The van der Waals surface area contributed by atoms with Crippen LogP contribution in [-0.4, -0.2) is 42.6 Å². The average Bonchev–Trinajstić information content (AvgIpc) is 2.31. The first kappa shape index (κ1) is 13.7. The van der Waals surface area contributed by atoms with Crippen molar-refractivity contribution in [1.29, 1.82) is 0 Å². The Kier molecular flexibility index (Phi) is 4.87. The van der Waals surface area contributed by atoms with Gasteiger partial charge in [-0.2, -0.15) is 0 Å². The molecule has 0 spiro atoms. The molecule has 1 unspecified atom stereocenters. The predicted molar refractivity (Wildman–Crippen MR) is 73.6 cm³/mol. The van der Waals surface area contributed by atoms with Gasteiger partial charge in [-0.25, -0.2) is 4.79 Å². The van der Waals surface area contributed by atoms with Gasteiger partial charge in [0.15, 0.2) is 0 Å². The topological polar surface area (TPSA) is 44.4 Å². The molecule has 0 aromatic heterocycles. The number of carbonyl (C=O) groups excluding carboxylic acids is 1. The second kappa shape index (κ2) is 6.41. The summed E-state index contributed by atoms with van der Waals surface area (Å²) < 4.78 is 0. The molecule has 2 rings (SSSR count). The molecule has 1 aliphatic heterocycles. The predicted octanol–water partition coefficient (Wildman–Crippen LogP) is 1.96. The maximum absolute atomic E-state index is 12.1. The highest BCUT2D eigenvalue weighted by molar-refractivity contribution is 5.74. The van der Waals surface area contributed by atoms with E-state index in [9.17, 15) is 4.79 Å². The van der Waals surface area contributed by atoms with E-state index in [1.165, 1.54) is 12.8 Å². The number of nitrogens with one attached hydrogen (secondary N) is 2. The second-order valence-electron chi connectivity index (χ2n) is 6.09. The van der Waals surface area contributed by atoms with Crippen molar-refractivity contribution in [2.24, 2.45) is 5.92 Å². The standard InChI is InChI=1S/C14H27N3O/c1-11(2)15-9-12-5-4-8-17(10-12)14(18)16-13-6-3-7-13/h11-13,15H,3-10H2,1-2H3,(H,16,18). The summed E-state index contributed by atoms with van der Waals surface area (Å²) in [5, 5.41) is 6.62. The lowest BCUT2D eigenvalue weighted by Gasteiger charge is -2.36. The molecule has 2 N–H and O–H groups in total. The van der Waals surface area contributed by atoms with E-state index >= 15 is 0 Å². The molecule has 2 fully saturated rings. The summed E-state index contributed by atoms with van der Waals surface area (Å²) in [5.41, 5.74) is 0. The summed E-state index contributed by atoms with van der Waals surface area (Å²) in [7, 11) is 0. The quantitative estimate of drug-likeness (QED) is 0.804. The molecule has 1 heterocycles. The molecule has 0 radical (unpaired) electrons. The van der Waals surface area contributed by atoms with Crippen LogP contribution >= 0.6 is 0 Å². The maximum Gasteiger partial charge on any atom is 0.317 e. The van der Waals surface area contributed by atoms with Crippen molar-refractivity contribution < 1.29 is 4.79 Å². The molecule has 0 aromatic rings. The Labute approximate surface area is 110 Å². The van der Waals surface area contributed by atoms with E-state index in [2.05, 4.69) is 24.5 Å². The number of hydrogen-bond acceptors (Lipinski definition) is 2. The van der Waals surface area contributed by atoms with Crippen LogP contribution in [-0.2, 0) is 0 Å². The van der Waals surface area contributed by atoms with Crippen LogP contribution in [0.25, 0.3) is 0 Å². The van der Waals surface area contributed by atoms with E-state index in [0.29, 0.717) is 18.0 Å². The number of hydrogen-bond donors (Lipinski definition) is 2. The van der Waals surface area contributed by atoms with Crippen LogP contribution in [0.15, 0.2) is 0 Å². The van der Waals surface area contributed by atoms with Gasteiger partial charge in [0.2, 0.25) is 0 Å². The van der Waals surface area contributed by atoms with Gasteiger partial charge in [0, 0.05) is 25.2 Å². The van der Waals surface area contributed by atoms with E-state index in [-0.39, 0.29) is 6.03 Å². The summed E-state index contributed by atoms with van der Waals surface area (Å²) in [6.07, 6.45) is 5.98. The lowest BCUT2D eigenvalue weighted by atomic mass is 9.93. The fraction of sp³-hybridized carbons (Fsp3) is 0.929. The van der Waals surface area contributed by atoms with Gasteiger partial charge in [-0.15, -0.1) is 0 Å². The third-order valence-corrected chi connectivity index (χ3v) is 4.05. The Balaban J connectivity index is 1.72. The Hall–Kier alpha value is -0.770. The third-order valence-electron chi connectivity index (χ3n) is 4.05. The van der Waals surface area contributed by atoms with Gasteiger partial charge < -0.3 is 15.5 Å². The molecule has 4 heteroatoms. The lowest BCUT2D eigenvalue weighted by Crippen LogP contribution is -2.51. The van der Waals surface area contributed by atoms with Crippen LogP contribution in [0.2, 0.25) is 0 Å². The number of rotatable bonds is 4. The molecular formula is C14H27N3O. The monoisotopic (exact) mass is 253 g/mol. The van der Waals surface area contributed by atoms with E-state index < -0.39 is 0 Å². The fourth-order valence-electron chi connectivity index (χ4n) is 2.64. The van der Waals surface area contributed by atoms with E-state index in [4.69, 9.17) is 0 Å². The highest BCUT2D eigenvalue weighted by Gasteiger charge is 2.26. The molecule has 18 heavy (non-hydrogen) atoms. The molecule has 1 atom stereocenters. The minimum Gasteiger partial charge on any atom is -0.335 e. The van der Waals surface area contributed by atoms with Gasteiger partial charge in [-0.3, -0.25) is 0 Å². The van der Waals surface area contributed by atoms with Gasteiger partial charge in [0.05, 0.1) is 0 Å². The van der Waals surface area contributed by atoms with Crippen LogP contribution in [0.3, 0.4) is 0 Å². The normalized spacial score (nSPS) is 25.1. The number of likely N-dealkylation sites (tertiary alicyclic amines) is 1. The molecule has 2 aliphatic rings. The molecule has 4 nitrogen and oxygen atoms in total. The number of nitrogens with zero attached hydrogens (tertiary/aromatic N) is 1. The SMILES string of the molecule is CC(C)NCC1CCCN(C(=O)NC2CCC2)C1. The van der Waals surface area contributed by atoms with E-state index in [0.717, 1.165) is 38.9 Å². The van der Waals surface area contributed by atoms with Crippen LogP contribution in [0.5, 0.6) is 0 Å². The van der Waals surface area contributed by atoms with Gasteiger partial charge in [-0.05, 0) is 44.6 Å². The molecule has 1 saturated heterocycles. The van der Waals surface area contributed by atoms with Crippen molar-refractivity contribution in [2.45, 2.75) is 58.0 Å². The second-order valence-corrected chi connectivity index (χ2v) is 6.09. The van der Waals surface area contributed by atoms with Gasteiger partial charge in [-0.1, -0.05) is 13.8 Å². The molecule has 2 amide bonds. The largest absolute Gasteiger partial charge is 0.335 e. The van der Waals surface area contributed by atoms with E-state index in [1.807, 2.05) is 4.90 Å². The highest BCUT2D eigenvalue weighted by Crippen LogP contribution is 2.20. The highest BCUT2D eigenvalue weighted by atomic mass is 16.2. The number of amides is 2. The zero-order valence-corrected chi connectivity index (χ0v) is 11.7. The summed E-state index contributed by atoms with van der Waals surface area (Å²) >= 11 is 0. The molecule has 0 aromatic carbocycles. The summed E-state index contributed by atoms with van der Waals surface area (Å²) in [6, 6.07) is 1.14. The van der Waals surface area contributed by atoms with Crippen LogP contribution < -0.4 is 10.6 Å². The van der Waals surface area contributed by atoms with Crippen molar-refractivity contribution in [3.63, 3.8) is 0 Å². The van der Waals surface area contributed by atoms with Crippen molar-refractivity contribution in [3.8, 4) is 0 Å². The van der Waals surface area contributed by atoms with Crippen molar-refractivity contribution in [3.05, 3.63) is 0 Å². The Morgan fingerprint density at radius 2 is 2.06 bits per heavy atom. The van der Waals surface area contributed by atoms with Gasteiger partial charge >= 0.3 is 6.03 Å². The summed E-state index contributed by atoms with van der Waals surface area (Å²) in [6.45, 7) is 7.22. The first-order chi connectivity index (χ1) is 8.65. The lowest BCUT2D eigenvalue weighted by molar-refractivity contribution is 0.155. The Bertz CT molecular complexity index is 276. The average molecular weight is 253 g/mol. The molecule has 1 saturated carbocycles. The number of piperidine rings is 1. The van der Waals surface area contributed by atoms with Crippen molar-refractivity contribution in [2.75, 3.05) is 19.6 Å². The summed E-state index contributed by atoms with van der Waals surface area (Å²) in [4.78, 5) is 14.1. The molecule has 104 valence electrons. The smallest absolute Gasteiger partial charge is 0.317 e. The van der Waals surface area contributed by atoms with Crippen LogP contribution in [0.4, 0.5) is 4.79 Å². The van der Waals surface area contributed by atoms with Gasteiger partial charge in [0.25, 0.3) is 0 Å². The van der Waals surface area contributed by atoms with Crippen molar-refractivity contribution >= 4 is 6.03 Å². The van der Waals surface area contributed by atoms with Crippen LogP contribution in [0, 0.1) is 5.92 Å². The maximum atomic E-state index is 12.1. The number of carbonyl (C=O) groups is 1. The summed E-state index contributed by atoms with van der Waals surface area (Å²) in [5.74, 6) is 0.619.